The van der Waals surface area contributed by atoms with Crippen LogP contribution < -0.4 is 4.87 Å². The molecule has 2 rings (SSSR count). The standard InChI is InChI=1S/C13H18N2O2S/c1-8-9(2)18-12(16)15(8)7-11-14-6-10(17-11)13(3,4)5/h6H,7H2,1-5H3. The fourth-order valence-electron chi connectivity index (χ4n) is 1.64. The number of nitrogens with zero attached hydrogens (tertiary/aromatic N) is 2. The zero-order valence-corrected chi connectivity index (χ0v) is 12.2. The number of aromatic nitrogens is 2. The first-order chi connectivity index (χ1) is 8.29. The molecule has 0 spiro atoms. The predicted molar refractivity (Wildman–Crippen MR) is 72.4 cm³/mol. The minimum Gasteiger partial charge on any atom is -0.443 e. The molecule has 0 radical (unpaired) electrons. The average molecular weight is 266 g/mol. The van der Waals surface area contributed by atoms with Gasteiger partial charge in [0.05, 0.1) is 6.20 Å². The second-order valence-electron chi connectivity index (χ2n) is 5.46. The summed E-state index contributed by atoms with van der Waals surface area (Å²) < 4.78 is 7.41. The Morgan fingerprint density at radius 2 is 2.06 bits per heavy atom. The van der Waals surface area contributed by atoms with Gasteiger partial charge >= 0.3 is 4.87 Å². The predicted octanol–water partition coefficient (Wildman–Crippen LogP) is 2.86. The van der Waals surface area contributed by atoms with E-state index in [4.69, 9.17) is 4.42 Å². The van der Waals surface area contributed by atoms with Gasteiger partial charge in [0.25, 0.3) is 0 Å². The molecular weight excluding hydrogens is 248 g/mol. The van der Waals surface area contributed by atoms with Gasteiger partial charge in [0.1, 0.15) is 12.3 Å². The summed E-state index contributed by atoms with van der Waals surface area (Å²) in [6.07, 6.45) is 1.74. The van der Waals surface area contributed by atoms with E-state index in [-0.39, 0.29) is 10.3 Å². The van der Waals surface area contributed by atoms with Gasteiger partial charge in [-0.05, 0) is 13.8 Å². The van der Waals surface area contributed by atoms with Crippen molar-refractivity contribution in [1.82, 2.24) is 9.55 Å². The topological polar surface area (TPSA) is 48.0 Å². The maximum Gasteiger partial charge on any atom is 0.308 e. The van der Waals surface area contributed by atoms with Crippen LogP contribution in [0.5, 0.6) is 0 Å². The van der Waals surface area contributed by atoms with Crippen LogP contribution in [-0.4, -0.2) is 9.55 Å². The van der Waals surface area contributed by atoms with Crippen molar-refractivity contribution in [3.05, 3.63) is 38.1 Å². The molecule has 0 unspecified atom stereocenters. The molecule has 0 N–H and O–H groups in total. The second kappa shape index (κ2) is 4.39. The summed E-state index contributed by atoms with van der Waals surface area (Å²) in [6, 6.07) is 0. The fraction of sp³-hybridized carbons (Fsp3) is 0.538. The molecule has 0 aliphatic heterocycles. The first kappa shape index (κ1) is 13.1. The molecule has 0 saturated carbocycles. The molecule has 0 aliphatic carbocycles. The van der Waals surface area contributed by atoms with Gasteiger partial charge in [-0.25, -0.2) is 4.98 Å². The number of hydrogen-bond donors (Lipinski definition) is 0. The lowest BCUT2D eigenvalue weighted by molar-refractivity contribution is 0.375. The summed E-state index contributed by atoms with van der Waals surface area (Å²) in [5, 5.41) is 0. The molecule has 2 heterocycles. The Morgan fingerprint density at radius 3 is 2.50 bits per heavy atom. The third-order valence-electron chi connectivity index (χ3n) is 2.96. The first-order valence-corrected chi connectivity index (χ1v) is 6.72. The van der Waals surface area contributed by atoms with Crippen LogP contribution in [0.4, 0.5) is 0 Å². The van der Waals surface area contributed by atoms with Crippen molar-refractivity contribution in [2.45, 2.75) is 46.6 Å². The third-order valence-corrected chi connectivity index (χ3v) is 3.96. The Kier molecular flexibility index (Phi) is 3.19. The quantitative estimate of drug-likeness (QED) is 0.839. The van der Waals surface area contributed by atoms with Gasteiger partial charge in [-0.1, -0.05) is 32.1 Å². The third kappa shape index (κ3) is 2.41. The summed E-state index contributed by atoms with van der Waals surface area (Å²) in [5.41, 5.74) is 0.927. The van der Waals surface area contributed by atoms with E-state index in [0.29, 0.717) is 12.4 Å². The zero-order chi connectivity index (χ0) is 13.5. The van der Waals surface area contributed by atoms with Crippen molar-refractivity contribution in [3.8, 4) is 0 Å². The number of rotatable bonds is 2. The van der Waals surface area contributed by atoms with Crippen LogP contribution in [0.3, 0.4) is 0 Å². The normalized spacial score (nSPS) is 12.1. The van der Waals surface area contributed by atoms with Crippen LogP contribution in [0, 0.1) is 13.8 Å². The van der Waals surface area contributed by atoms with Crippen molar-refractivity contribution < 1.29 is 4.42 Å². The molecule has 0 amide bonds. The van der Waals surface area contributed by atoms with E-state index in [0.717, 1.165) is 16.3 Å². The maximum absolute atomic E-state index is 11.8. The van der Waals surface area contributed by atoms with E-state index < -0.39 is 0 Å². The van der Waals surface area contributed by atoms with Crippen LogP contribution in [0.25, 0.3) is 0 Å². The molecule has 0 bridgehead atoms. The molecule has 5 heteroatoms. The van der Waals surface area contributed by atoms with Crippen LogP contribution in [0.1, 0.15) is 43.0 Å². The Hall–Kier alpha value is -1.36. The molecule has 98 valence electrons. The molecule has 2 aromatic heterocycles. The minimum atomic E-state index is -0.0597. The molecule has 4 nitrogen and oxygen atoms in total. The van der Waals surface area contributed by atoms with Crippen LogP contribution >= 0.6 is 11.3 Å². The van der Waals surface area contributed by atoms with Gasteiger partial charge in [0.2, 0.25) is 5.89 Å². The SMILES string of the molecule is Cc1sc(=O)n(Cc2ncc(C(C)(C)C)o2)c1C. The highest BCUT2D eigenvalue weighted by Crippen LogP contribution is 2.23. The summed E-state index contributed by atoms with van der Waals surface area (Å²) >= 11 is 1.27. The maximum atomic E-state index is 11.8. The smallest absolute Gasteiger partial charge is 0.308 e. The Bertz CT molecular complexity index is 614. The van der Waals surface area contributed by atoms with Crippen molar-refractivity contribution in [1.29, 1.82) is 0 Å². The summed E-state index contributed by atoms with van der Waals surface area (Å²) in [4.78, 5) is 17.1. The molecule has 0 atom stereocenters. The van der Waals surface area contributed by atoms with Crippen LogP contribution in [0.2, 0.25) is 0 Å². The van der Waals surface area contributed by atoms with Crippen molar-refractivity contribution in [2.24, 2.45) is 0 Å². The molecule has 0 aromatic carbocycles. The summed E-state index contributed by atoms with van der Waals surface area (Å²) in [6.45, 7) is 10.5. The number of hydrogen-bond acceptors (Lipinski definition) is 4. The molecule has 2 aromatic rings. The first-order valence-electron chi connectivity index (χ1n) is 5.91. The van der Waals surface area contributed by atoms with E-state index in [1.807, 2.05) is 13.8 Å². The van der Waals surface area contributed by atoms with Crippen molar-refractivity contribution in [3.63, 3.8) is 0 Å². The van der Waals surface area contributed by atoms with Gasteiger partial charge in [-0.2, -0.15) is 0 Å². The molecule has 0 aliphatic rings. The molecule has 0 saturated heterocycles. The van der Waals surface area contributed by atoms with Gasteiger partial charge in [-0.3, -0.25) is 9.36 Å². The lowest BCUT2D eigenvalue weighted by Gasteiger charge is -2.13. The van der Waals surface area contributed by atoms with Gasteiger partial charge in [0, 0.05) is 16.0 Å². The number of aryl methyl sites for hydroxylation is 1. The van der Waals surface area contributed by atoms with Crippen molar-refractivity contribution in [2.75, 3.05) is 0 Å². The Balaban J connectivity index is 2.30. The number of oxazole rings is 1. The largest absolute Gasteiger partial charge is 0.443 e. The van der Waals surface area contributed by atoms with Crippen LogP contribution in [0.15, 0.2) is 15.4 Å². The van der Waals surface area contributed by atoms with E-state index >= 15 is 0 Å². The minimum absolute atomic E-state index is 0.0421. The monoisotopic (exact) mass is 266 g/mol. The summed E-state index contributed by atoms with van der Waals surface area (Å²) in [5.74, 6) is 1.43. The highest BCUT2D eigenvalue weighted by atomic mass is 32.1. The number of thiazole rings is 1. The highest BCUT2D eigenvalue weighted by Gasteiger charge is 2.20. The summed E-state index contributed by atoms with van der Waals surface area (Å²) in [7, 11) is 0. The van der Waals surface area contributed by atoms with Gasteiger partial charge in [0.15, 0.2) is 0 Å². The van der Waals surface area contributed by atoms with E-state index in [9.17, 15) is 4.79 Å². The van der Waals surface area contributed by atoms with E-state index in [1.165, 1.54) is 11.3 Å². The van der Waals surface area contributed by atoms with Gasteiger partial charge in [-0.15, -0.1) is 0 Å². The van der Waals surface area contributed by atoms with E-state index in [1.54, 1.807) is 10.8 Å². The molecule has 0 fully saturated rings. The van der Waals surface area contributed by atoms with E-state index in [2.05, 4.69) is 25.8 Å². The lowest BCUT2D eigenvalue weighted by Crippen LogP contribution is -2.15. The Labute approximate surface area is 110 Å². The van der Waals surface area contributed by atoms with Gasteiger partial charge < -0.3 is 4.42 Å². The van der Waals surface area contributed by atoms with Crippen molar-refractivity contribution >= 4 is 11.3 Å². The zero-order valence-electron chi connectivity index (χ0n) is 11.4. The van der Waals surface area contributed by atoms with Crippen LogP contribution in [-0.2, 0) is 12.0 Å². The lowest BCUT2D eigenvalue weighted by atomic mass is 9.94. The molecular formula is C13H18N2O2S. The highest BCUT2D eigenvalue weighted by molar-refractivity contribution is 7.09. The Morgan fingerprint density at radius 1 is 1.39 bits per heavy atom. The fourth-order valence-corrected chi connectivity index (χ4v) is 2.47. The average Bonchev–Trinajstić information content (AvgIpc) is 2.80. The second-order valence-corrected chi connectivity index (χ2v) is 6.63. The molecule has 18 heavy (non-hydrogen) atoms.